The SMILES string of the molecule is O=C(O)Nc1cccnc1N(C(=O)C(F)(F)F)C1CCNCC1. The van der Waals surface area contributed by atoms with Crippen LogP contribution >= 0.6 is 0 Å². The van der Waals surface area contributed by atoms with Crippen LogP contribution < -0.4 is 15.5 Å². The molecule has 1 aliphatic heterocycles. The second-order valence-electron chi connectivity index (χ2n) is 4.96. The highest BCUT2D eigenvalue weighted by Crippen LogP contribution is 2.31. The number of aromatic nitrogens is 1. The molecule has 0 radical (unpaired) electrons. The van der Waals surface area contributed by atoms with E-state index in [1.54, 1.807) is 0 Å². The van der Waals surface area contributed by atoms with Crippen LogP contribution in [0.4, 0.5) is 29.5 Å². The summed E-state index contributed by atoms with van der Waals surface area (Å²) < 4.78 is 38.9. The number of carbonyl (C=O) groups is 2. The highest BCUT2D eigenvalue weighted by Gasteiger charge is 2.46. The molecule has 7 nitrogen and oxygen atoms in total. The number of nitrogens with zero attached hydrogens (tertiary/aromatic N) is 2. The van der Waals surface area contributed by atoms with Gasteiger partial charge in [-0.3, -0.25) is 15.0 Å². The average molecular weight is 332 g/mol. The van der Waals surface area contributed by atoms with Crippen molar-refractivity contribution in [1.82, 2.24) is 10.3 Å². The van der Waals surface area contributed by atoms with Gasteiger partial charge in [0, 0.05) is 12.2 Å². The Labute approximate surface area is 129 Å². The molecule has 2 rings (SSSR count). The van der Waals surface area contributed by atoms with Gasteiger partial charge in [0.1, 0.15) is 0 Å². The standard InChI is InChI=1S/C13H15F3N4O3/c14-13(15,16)11(21)20(8-3-6-17-7-4-8)10-9(19-12(22)23)2-1-5-18-10/h1-2,5,8,17,19H,3-4,6-7H2,(H,22,23). The van der Waals surface area contributed by atoms with Crippen molar-refractivity contribution < 1.29 is 27.9 Å². The number of hydrogen-bond acceptors (Lipinski definition) is 4. The molecule has 0 aromatic carbocycles. The molecule has 0 aliphatic carbocycles. The summed E-state index contributed by atoms with van der Waals surface area (Å²) in [5.74, 6) is -2.40. The zero-order valence-electron chi connectivity index (χ0n) is 11.9. The van der Waals surface area contributed by atoms with E-state index in [4.69, 9.17) is 5.11 Å². The summed E-state index contributed by atoms with van der Waals surface area (Å²) in [7, 11) is 0. The number of carboxylic acid groups (broad SMARTS) is 1. The molecule has 23 heavy (non-hydrogen) atoms. The Morgan fingerprint density at radius 2 is 2.00 bits per heavy atom. The predicted molar refractivity (Wildman–Crippen MR) is 75.3 cm³/mol. The van der Waals surface area contributed by atoms with Gasteiger partial charge in [0.2, 0.25) is 0 Å². The number of carbonyl (C=O) groups excluding carboxylic acids is 1. The first kappa shape index (κ1) is 17.0. The Kier molecular flexibility index (Phi) is 5.04. The van der Waals surface area contributed by atoms with Gasteiger partial charge in [-0.15, -0.1) is 0 Å². The summed E-state index contributed by atoms with van der Waals surface area (Å²) in [5, 5.41) is 13.8. The van der Waals surface area contributed by atoms with Crippen LogP contribution in [-0.4, -0.2) is 47.4 Å². The Morgan fingerprint density at radius 3 is 2.57 bits per heavy atom. The van der Waals surface area contributed by atoms with Gasteiger partial charge in [-0.1, -0.05) is 0 Å². The number of amides is 2. The van der Waals surface area contributed by atoms with E-state index in [0.29, 0.717) is 30.8 Å². The van der Waals surface area contributed by atoms with Crippen molar-refractivity contribution in [2.24, 2.45) is 0 Å². The van der Waals surface area contributed by atoms with E-state index in [1.165, 1.54) is 18.3 Å². The number of anilines is 2. The lowest BCUT2D eigenvalue weighted by atomic mass is 10.0. The molecular formula is C13H15F3N4O3. The van der Waals surface area contributed by atoms with Gasteiger partial charge >= 0.3 is 18.2 Å². The molecule has 10 heteroatoms. The molecule has 2 heterocycles. The van der Waals surface area contributed by atoms with Crippen LogP contribution in [0.3, 0.4) is 0 Å². The zero-order valence-corrected chi connectivity index (χ0v) is 11.9. The van der Waals surface area contributed by atoms with Gasteiger partial charge in [0.25, 0.3) is 0 Å². The third kappa shape index (κ3) is 4.09. The summed E-state index contributed by atoms with van der Waals surface area (Å²) in [6.07, 6.45) is -4.71. The molecule has 2 amide bonds. The lowest BCUT2D eigenvalue weighted by molar-refractivity contribution is -0.171. The summed E-state index contributed by atoms with van der Waals surface area (Å²) in [6.45, 7) is 0.918. The smallest absolute Gasteiger partial charge is 0.465 e. The number of rotatable bonds is 3. The zero-order chi connectivity index (χ0) is 17.0. The highest BCUT2D eigenvalue weighted by molar-refractivity contribution is 6.01. The molecular weight excluding hydrogens is 317 g/mol. The number of piperidine rings is 1. The van der Waals surface area contributed by atoms with Gasteiger partial charge in [0.05, 0.1) is 5.69 Å². The van der Waals surface area contributed by atoms with Crippen molar-refractivity contribution in [3.63, 3.8) is 0 Å². The molecule has 0 atom stereocenters. The van der Waals surface area contributed by atoms with E-state index in [0.717, 1.165) is 0 Å². The minimum absolute atomic E-state index is 0.170. The fourth-order valence-corrected chi connectivity index (χ4v) is 2.44. The molecule has 1 aromatic heterocycles. The molecule has 0 bridgehead atoms. The van der Waals surface area contributed by atoms with Crippen molar-refractivity contribution >= 4 is 23.5 Å². The van der Waals surface area contributed by atoms with Crippen LogP contribution in [0.15, 0.2) is 18.3 Å². The molecule has 0 unspecified atom stereocenters. The third-order valence-electron chi connectivity index (χ3n) is 3.39. The number of pyridine rings is 1. The number of halogens is 3. The number of alkyl halides is 3. The second kappa shape index (κ2) is 6.82. The van der Waals surface area contributed by atoms with Crippen molar-refractivity contribution in [3.8, 4) is 0 Å². The Morgan fingerprint density at radius 1 is 1.35 bits per heavy atom. The highest BCUT2D eigenvalue weighted by atomic mass is 19.4. The summed E-state index contributed by atoms with van der Waals surface area (Å²) in [4.78, 5) is 27.0. The van der Waals surface area contributed by atoms with Gasteiger partial charge in [0.15, 0.2) is 5.82 Å². The fraction of sp³-hybridized carbons (Fsp3) is 0.462. The van der Waals surface area contributed by atoms with Crippen LogP contribution in [0.2, 0.25) is 0 Å². The van der Waals surface area contributed by atoms with Gasteiger partial charge in [-0.05, 0) is 38.1 Å². The van der Waals surface area contributed by atoms with Crippen molar-refractivity contribution in [3.05, 3.63) is 18.3 Å². The maximum Gasteiger partial charge on any atom is 0.471 e. The van der Waals surface area contributed by atoms with E-state index in [2.05, 4.69) is 10.3 Å². The molecule has 1 aromatic rings. The Balaban J connectivity index is 2.44. The van der Waals surface area contributed by atoms with Crippen molar-refractivity contribution in [2.75, 3.05) is 23.3 Å². The lowest BCUT2D eigenvalue weighted by Crippen LogP contribution is -2.51. The van der Waals surface area contributed by atoms with Crippen molar-refractivity contribution in [2.45, 2.75) is 25.1 Å². The topological polar surface area (TPSA) is 94.6 Å². The minimum atomic E-state index is -5.08. The molecule has 0 saturated carbocycles. The van der Waals surface area contributed by atoms with E-state index in [1.807, 2.05) is 5.32 Å². The average Bonchev–Trinajstić information content (AvgIpc) is 2.49. The predicted octanol–water partition coefficient (Wildman–Crippen LogP) is 1.82. The van der Waals surface area contributed by atoms with Crippen molar-refractivity contribution in [1.29, 1.82) is 0 Å². The Hall–Kier alpha value is -2.36. The molecule has 1 saturated heterocycles. The first-order chi connectivity index (χ1) is 10.8. The van der Waals surface area contributed by atoms with E-state index in [9.17, 15) is 22.8 Å². The van der Waals surface area contributed by atoms with Crippen LogP contribution in [-0.2, 0) is 4.79 Å². The van der Waals surface area contributed by atoms with E-state index >= 15 is 0 Å². The maximum absolute atomic E-state index is 13.0. The number of nitrogens with one attached hydrogen (secondary N) is 2. The largest absolute Gasteiger partial charge is 0.471 e. The van der Waals surface area contributed by atoms with Crippen LogP contribution in [0.5, 0.6) is 0 Å². The van der Waals surface area contributed by atoms with Crippen LogP contribution in [0.1, 0.15) is 12.8 Å². The fourth-order valence-electron chi connectivity index (χ4n) is 2.44. The van der Waals surface area contributed by atoms with Gasteiger partial charge in [-0.2, -0.15) is 13.2 Å². The third-order valence-corrected chi connectivity index (χ3v) is 3.39. The summed E-state index contributed by atoms with van der Waals surface area (Å²) in [5.41, 5.74) is -0.170. The first-order valence-electron chi connectivity index (χ1n) is 6.86. The number of hydrogen-bond donors (Lipinski definition) is 3. The second-order valence-corrected chi connectivity index (χ2v) is 4.96. The molecule has 126 valence electrons. The lowest BCUT2D eigenvalue weighted by Gasteiger charge is -2.35. The summed E-state index contributed by atoms with van der Waals surface area (Å²) in [6, 6.07) is 1.91. The van der Waals surface area contributed by atoms with E-state index in [-0.39, 0.29) is 11.5 Å². The van der Waals surface area contributed by atoms with E-state index < -0.39 is 24.2 Å². The molecule has 0 spiro atoms. The van der Waals surface area contributed by atoms with Crippen LogP contribution in [0, 0.1) is 0 Å². The minimum Gasteiger partial charge on any atom is -0.465 e. The Bertz CT molecular complexity index is 588. The van der Waals surface area contributed by atoms with Gasteiger partial charge < -0.3 is 10.4 Å². The monoisotopic (exact) mass is 332 g/mol. The van der Waals surface area contributed by atoms with Gasteiger partial charge in [-0.25, -0.2) is 9.78 Å². The normalized spacial score (nSPS) is 16.0. The maximum atomic E-state index is 13.0. The van der Waals surface area contributed by atoms with Crippen LogP contribution in [0.25, 0.3) is 0 Å². The molecule has 3 N–H and O–H groups in total. The molecule has 1 aliphatic rings. The molecule has 1 fully saturated rings. The quantitative estimate of drug-likeness (QED) is 0.785. The first-order valence-corrected chi connectivity index (χ1v) is 6.86. The summed E-state index contributed by atoms with van der Waals surface area (Å²) >= 11 is 0.